The lowest BCUT2D eigenvalue weighted by atomic mass is 10.1. The minimum Gasteiger partial charge on any atom is -0.507 e. The van der Waals surface area contributed by atoms with Crippen molar-refractivity contribution < 1.29 is 24.5 Å². The molecular formula is C22H14O5. The van der Waals surface area contributed by atoms with Gasteiger partial charge in [0, 0.05) is 0 Å². The third-order valence-corrected chi connectivity index (χ3v) is 4.35. The van der Waals surface area contributed by atoms with E-state index in [-0.39, 0.29) is 16.9 Å². The molecule has 4 aromatic carbocycles. The van der Waals surface area contributed by atoms with Crippen LogP contribution in [0.4, 0.5) is 0 Å². The van der Waals surface area contributed by atoms with E-state index < -0.39 is 11.9 Å². The molecule has 27 heavy (non-hydrogen) atoms. The van der Waals surface area contributed by atoms with Crippen molar-refractivity contribution in [2.75, 3.05) is 0 Å². The lowest BCUT2D eigenvalue weighted by Crippen LogP contribution is -2.08. The summed E-state index contributed by atoms with van der Waals surface area (Å²) in [5.41, 5.74) is 0.267. The Kier molecular flexibility index (Phi) is 3.97. The van der Waals surface area contributed by atoms with E-state index in [1.165, 1.54) is 12.1 Å². The van der Waals surface area contributed by atoms with Crippen LogP contribution in [0.2, 0.25) is 0 Å². The van der Waals surface area contributed by atoms with E-state index in [4.69, 9.17) is 9.84 Å². The first-order valence-electron chi connectivity index (χ1n) is 8.22. The van der Waals surface area contributed by atoms with Gasteiger partial charge in [-0.25, -0.2) is 9.59 Å². The predicted octanol–water partition coefficient (Wildman–Crippen LogP) is 4.62. The molecule has 0 atom stereocenters. The highest BCUT2D eigenvalue weighted by Crippen LogP contribution is 2.27. The number of carboxylic acid groups (broad SMARTS) is 1. The summed E-state index contributed by atoms with van der Waals surface area (Å²) in [5, 5.41) is 22.3. The van der Waals surface area contributed by atoms with Gasteiger partial charge in [0.1, 0.15) is 17.1 Å². The fraction of sp³-hybridized carbons (Fsp3) is 0. The smallest absolute Gasteiger partial charge is 0.347 e. The van der Waals surface area contributed by atoms with Crippen LogP contribution in [0, 0.1) is 0 Å². The molecule has 0 fully saturated rings. The van der Waals surface area contributed by atoms with Gasteiger partial charge in [-0.2, -0.15) is 0 Å². The van der Waals surface area contributed by atoms with Crippen molar-refractivity contribution in [2.45, 2.75) is 0 Å². The van der Waals surface area contributed by atoms with Gasteiger partial charge in [0.15, 0.2) is 0 Å². The number of phenolic OH excluding ortho intramolecular Hbond substituents is 1. The number of rotatable bonds is 3. The highest BCUT2D eigenvalue weighted by molar-refractivity contribution is 6.00. The standard InChI is InChI=1S/C22H14O5/c23-20-12-14-4-2-1-3-13(14)11-19(20)22(26)27-18-8-7-15-9-17(21(24)25)6-5-16(15)10-18/h1-12,23H,(H,24,25). The maximum atomic E-state index is 12.5. The van der Waals surface area contributed by atoms with Gasteiger partial charge in [0.2, 0.25) is 0 Å². The summed E-state index contributed by atoms with van der Waals surface area (Å²) in [4.78, 5) is 23.5. The number of benzene rings is 4. The minimum absolute atomic E-state index is 0.0787. The predicted molar refractivity (Wildman–Crippen MR) is 101 cm³/mol. The molecule has 0 radical (unpaired) electrons. The van der Waals surface area contributed by atoms with Crippen molar-refractivity contribution in [3.05, 3.63) is 83.9 Å². The molecule has 0 unspecified atom stereocenters. The number of hydrogen-bond donors (Lipinski definition) is 2. The fourth-order valence-electron chi connectivity index (χ4n) is 2.97. The molecule has 4 rings (SSSR count). The Labute approximate surface area is 154 Å². The molecular weight excluding hydrogens is 344 g/mol. The molecule has 0 saturated carbocycles. The number of carboxylic acids is 1. The number of aromatic hydroxyl groups is 1. The summed E-state index contributed by atoms with van der Waals surface area (Å²) in [6.45, 7) is 0. The van der Waals surface area contributed by atoms with Crippen LogP contribution in [0.25, 0.3) is 21.5 Å². The first-order valence-corrected chi connectivity index (χ1v) is 8.22. The molecule has 5 nitrogen and oxygen atoms in total. The monoisotopic (exact) mass is 358 g/mol. The summed E-state index contributed by atoms with van der Waals surface area (Å²) in [7, 11) is 0. The zero-order valence-corrected chi connectivity index (χ0v) is 14.0. The Hall–Kier alpha value is -3.86. The number of aromatic carboxylic acids is 1. The Balaban J connectivity index is 1.65. The second-order valence-electron chi connectivity index (χ2n) is 6.13. The number of carbonyl (C=O) groups is 2. The second kappa shape index (κ2) is 6.46. The quantitative estimate of drug-likeness (QED) is 0.412. The average molecular weight is 358 g/mol. The maximum Gasteiger partial charge on any atom is 0.347 e. The van der Waals surface area contributed by atoms with Gasteiger partial charge in [-0.15, -0.1) is 0 Å². The van der Waals surface area contributed by atoms with Crippen LogP contribution in [0.5, 0.6) is 11.5 Å². The SMILES string of the molecule is O=C(O)c1ccc2cc(OC(=O)c3cc4ccccc4cc3O)ccc2c1. The molecule has 0 heterocycles. The molecule has 0 amide bonds. The van der Waals surface area contributed by atoms with Crippen LogP contribution in [-0.2, 0) is 0 Å². The number of hydrogen-bond acceptors (Lipinski definition) is 4. The molecule has 132 valence electrons. The molecule has 0 bridgehead atoms. The Bertz CT molecular complexity index is 1210. The zero-order valence-electron chi connectivity index (χ0n) is 14.0. The van der Waals surface area contributed by atoms with Gasteiger partial charge in [-0.3, -0.25) is 0 Å². The van der Waals surface area contributed by atoms with Crippen molar-refractivity contribution in [1.29, 1.82) is 0 Å². The van der Waals surface area contributed by atoms with Crippen molar-refractivity contribution in [1.82, 2.24) is 0 Å². The number of fused-ring (bicyclic) bond motifs is 2. The van der Waals surface area contributed by atoms with Gasteiger partial charge in [-0.05, 0) is 57.9 Å². The summed E-state index contributed by atoms with van der Waals surface area (Å²) in [5.74, 6) is -1.51. The molecule has 2 N–H and O–H groups in total. The third kappa shape index (κ3) is 3.18. The lowest BCUT2D eigenvalue weighted by Gasteiger charge is -2.09. The molecule has 0 aliphatic heterocycles. The molecule has 0 saturated heterocycles. The van der Waals surface area contributed by atoms with Crippen molar-refractivity contribution in [2.24, 2.45) is 0 Å². The maximum absolute atomic E-state index is 12.5. The summed E-state index contributed by atoms with van der Waals surface area (Å²) in [6, 6.07) is 20.1. The highest BCUT2D eigenvalue weighted by Gasteiger charge is 2.15. The van der Waals surface area contributed by atoms with Crippen molar-refractivity contribution >= 4 is 33.5 Å². The highest BCUT2D eigenvalue weighted by atomic mass is 16.5. The molecule has 0 aromatic heterocycles. The van der Waals surface area contributed by atoms with E-state index in [0.717, 1.165) is 21.5 Å². The first-order chi connectivity index (χ1) is 13.0. The van der Waals surface area contributed by atoms with E-state index in [1.54, 1.807) is 36.4 Å². The van der Waals surface area contributed by atoms with Gasteiger partial charge < -0.3 is 14.9 Å². The second-order valence-corrected chi connectivity index (χ2v) is 6.13. The molecule has 0 aliphatic carbocycles. The van der Waals surface area contributed by atoms with E-state index >= 15 is 0 Å². The topological polar surface area (TPSA) is 83.8 Å². The van der Waals surface area contributed by atoms with Crippen molar-refractivity contribution in [3.63, 3.8) is 0 Å². The minimum atomic E-state index is -1.00. The summed E-state index contributed by atoms with van der Waals surface area (Å²) in [6.07, 6.45) is 0. The van der Waals surface area contributed by atoms with E-state index in [9.17, 15) is 14.7 Å². The fourth-order valence-corrected chi connectivity index (χ4v) is 2.97. The average Bonchev–Trinajstić information content (AvgIpc) is 2.66. The number of ether oxygens (including phenoxy) is 1. The van der Waals surface area contributed by atoms with Crippen LogP contribution >= 0.6 is 0 Å². The Morgan fingerprint density at radius 2 is 1.37 bits per heavy atom. The van der Waals surface area contributed by atoms with E-state index in [2.05, 4.69) is 0 Å². The van der Waals surface area contributed by atoms with Gasteiger partial charge in [0.25, 0.3) is 0 Å². The number of carbonyl (C=O) groups excluding carboxylic acids is 1. The Morgan fingerprint density at radius 3 is 2.11 bits per heavy atom. The normalized spacial score (nSPS) is 10.8. The van der Waals surface area contributed by atoms with Crippen molar-refractivity contribution in [3.8, 4) is 11.5 Å². The largest absolute Gasteiger partial charge is 0.507 e. The summed E-state index contributed by atoms with van der Waals surface area (Å²) >= 11 is 0. The van der Waals surface area contributed by atoms with E-state index in [1.807, 2.05) is 24.3 Å². The molecule has 0 spiro atoms. The van der Waals surface area contributed by atoms with Crippen LogP contribution in [0.1, 0.15) is 20.7 Å². The third-order valence-electron chi connectivity index (χ3n) is 4.35. The molecule has 0 aliphatic rings. The lowest BCUT2D eigenvalue weighted by molar-refractivity contribution is 0.0694. The van der Waals surface area contributed by atoms with Crippen LogP contribution in [0.15, 0.2) is 72.8 Å². The first kappa shape index (κ1) is 16.6. The van der Waals surface area contributed by atoms with Crippen LogP contribution in [-0.4, -0.2) is 22.2 Å². The van der Waals surface area contributed by atoms with E-state index in [0.29, 0.717) is 5.75 Å². The van der Waals surface area contributed by atoms with Crippen LogP contribution in [0.3, 0.4) is 0 Å². The molecule has 4 aromatic rings. The number of phenols is 1. The Morgan fingerprint density at radius 1 is 0.741 bits per heavy atom. The van der Waals surface area contributed by atoms with Gasteiger partial charge in [0.05, 0.1) is 5.56 Å². The number of esters is 1. The summed E-state index contributed by atoms with van der Waals surface area (Å²) < 4.78 is 5.40. The van der Waals surface area contributed by atoms with Gasteiger partial charge in [-0.1, -0.05) is 36.4 Å². The molecule has 5 heteroatoms. The zero-order chi connectivity index (χ0) is 19.0. The van der Waals surface area contributed by atoms with Gasteiger partial charge >= 0.3 is 11.9 Å². The van der Waals surface area contributed by atoms with Crippen LogP contribution < -0.4 is 4.74 Å².